The molecule has 1 fully saturated rings. The molecule has 1 aliphatic heterocycles. The number of rotatable bonds is 3. The van der Waals surface area contributed by atoms with Crippen molar-refractivity contribution >= 4 is 12.2 Å². The molecule has 1 atom stereocenters. The lowest BCUT2D eigenvalue weighted by atomic mass is 9.98. The van der Waals surface area contributed by atoms with E-state index in [4.69, 9.17) is 0 Å². The van der Waals surface area contributed by atoms with Crippen LogP contribution in [0.15, 0.2) is 0 Å². The van der Waals surface area contributed by atoms with Crippen LogP contribution in [-0.2, 0) is 9.59 Å². The molecule has 1 rings (SSSR count). The molecular weight excluding hydrogens is 168 g/mol. The number of nitrogens with one attached hydrogen (secondary N) is 1. The largest absolute Gasteiger partial charge is 0.349 e. The third-order valence-electron chi connectivity index (χ3n) is 2.39. The molecule has 0 aromatic carbocycles. The molecule has 0 aromatic rings. The first kappa shape index (κ1) is 10.2. The number of carbonyl (C=O) groups excluding carboxylic acids is 2. The van der Waals surface area contributed by atoms with Crippen LogP contribution in [0, 0.1) is 5.92 Å². The minimum Gasteiger partial charge on any atom is -0.349 e. The van der Waals surface area contributed by atoms with E-state index in [1.807, 2.05) is 0 Å². The van der Waals surface area contributed by atoms with Gasteiger partial charge in [-0.2, -0.15) is 0 Å². The second-order valence-electron chi connectivity index (χ2n) is 3.63. The van der Waals surface area contributed by atoms with Crippen LogP contribution in [0.25, 0.3) is 0 Å². The zero-order chi connectivity index (χ0) is 9.68. The van der Waals surface area contributed by atoms with E-state index in [1.54, 1.807) is 0 Å². The van der Waals surface area contributed by atoms with Gasteiger partial charge in [-0.25, -0.2) is 0 Å². The predicted octanol–water partition coefficient (Wildman–Crippen LogP) is -0.357. The molecule has 1 N–H and O–H groups in total. The summed E-state index contributed by atoms with van der Waals surface area (Å²) in [6.45, 7) is 2.78. The van der Waals surface area contributed by atoms with Gasteiger partial charge in [-0.1, -0.05) is 0 Å². The van der Waals surface area contributed by atoms with Gasteiger partial charge in [0.25, 0.3) is 5.91 Å². The zero-order valence-electron chi connectivity index (χ0n) is 7.95. The summed E-state index contributed by atoms with van der Waals surface area (Å²) in [6, 6.07) is 0. The van der Waals surface area contributed by atoms with E-state index < -0.39 is 5.91 Å². The first-order valence-electron chi connectivity index (χ1n) is 4.64. The summed E-state index contributed by atoms with van der Waals surface area (Å²) in [6.07, 6.45) is 2.65. The third-order valence-corrected chi connectivity index (χ3v) is 2.39. The molecule has 0 bridgehead atoms. The van der Waals surface area contributed by atoms with Crippen LogP contribution in [0.4, 0.5) is 0 Å². The maximum absolute atomic E-state index is 10.6. The molecular formula is C9H16N2O2. The second-order valence-corrected chi connectivity index (χ2v) is 3.63. The number of aldehydes is 1. The number of hydrogen-bond acceptors (Lipinski definition) is 3. The highest BCUT2D eigenvalue weighted by Crippen LogP contribution is 2.13. The van der Waals surface area contributed by atoms with Crippen LogP contribution < -0.4 is 5.32 Å². The van der Waals surface area contributed by atoms with Gasteiger partial charge in [0.2, 0.25) is 6.29 Å². The van der Waals surface area contributed by atoms with Crippen molar-refractivity contribution in [1.82, 2.24) is 10.2 Å². The van der Waals surface area contributed by atoms with Crippen LogP contribution >= 0.6 is 0 Å². The topological polar surface area (TPSA) is 49.4 Å². The van der Waals surface area contributed by atoms with E-state index in [0.717, 1.165) is 19.5 Å². The van der Waals surface area contributed by atoms with Crippen molar-refractivity contribution in [2.75, 3.05) is 26.7 Å². The Morgan fingerprint density at radius 2 is 2.46 bits per heavy atom. The Labute approximate surface area is 78.3 Å². The van der Waals surface area contributed by atoms with Crippen LogP contribution in [0.1, 0.15) is 12.8 Å². The molecule has 1 unspecified atom stereocenters. The predicted molar refractivity (Wildman–Crippen MR) is 49.3 cm³/mol. The molecule has 13 heavy (non-hydrogen) atoms. The van der Waals surface area contributed by atoms with E-state index in [-0.39, 0.29) is 0 Å². The minimum absolute atomic E-state index is 0.326. The third kappa shape index (κ3) is 3.55. The van der Waals surface area contributed by atoms with Gasteiger partial charge in [-0.05, 0) is 32.4 Å². The molecule has 0 saturated carbocycles. The van der Waals surface area contributed by atoms with Crippen molar-refractivity contribution in [2.24, 2.45) is 5.92 Å². The fourth-order valence-electron chi connectivity index (χ4n) is 1.73. The lowest BCUT2D eigenvalue weighted by molar-refractivity contribution is -0.131. The van der Waals surface area contributed by atoms with Gasteiger partial charge in [0, 0.05) is 13.1 Å². The van der Waals surface area contributed by atoms with Crippen LogP contribution in [-0.4, -0.2) is 43.8 Å². The number of amides is 1. The Balaban J connectivity index is 2.20. The van der Waals surface area contributed by atoms with Gasteiger partial charge in [-0.15, -0.1) is 0 Å². The first-order valence-corrected chi connectivity index (χ1v) is 4.64. The minimum atomic E-state index is -0.506. The van der Waals surface area contributed by atoms with Crippen LogP contribution in [0.3, 0.4) is 0 Å². The van der Waals surface area contributed by atoms with Gasteiger partial charge in [-0.3, -0.25) is 9.59 Å². The molecule has 0 aliphatic carbocycles. The van der Waals surface area contributed by atoms with Gasteiger partial charge >= 0.3 is 0 Å². The maximum atomic E-state index is 10.6. The van der Waals surface area contributed by atoms with Gasteiger partial charge < -0.3 is 10.2 Å². The van der Waals surface area contributed by atoms with Crippen LogP contribution in [0.5, 0.6) is 0 Å². The molecule has 1 aliphatic rings. The average Bonchev–Trinajstić information content (AvgIpc) is 2.14. The summed E-state index contributed by atoms with van der Waals surface area (Å²) in [4.78, 5) is 22.9. The summed E-state index contributed by atoms with van der Waals surface area (Å²) in [5.74, 6) is -0.00382. The normalized spacial score (nSPS) is 23.9. The van der Waals surface area contributed by atoms with Crippen molar-refractivity contribution in [3.63, 3.8) is 0 Å². The van der Waals surface area contributed by atoms with E-state index in [2.05, 4.69) is 17.3 Å². The Hall–Kier alpha value is -0.900. The molecule has 0 radical (unpaired) electrons. The molecule has 74 valence electrons. The molecule has 1 saturated heterocycles. The highest BCUT2D eigenvalue weighted by molar-refractivity contribution is 6.23. The Morgan fingerprint density at radius 1 is 1.69 bits per heavy atom. The molecule has 1 amide bonds. The highest BCUT2D eigenvalue weighted by atomic mass is 16.2. The average molecular weight is 184 g/mol. The molecule has 1 heterocycles. The van der Waals surface area contributed by atoms with E-state index in [0.29, 0.717) is 18.7 Å². The van der Waals surface area contributed by atoms with E-state index in [9.17, 15) is 9.59 Å². The number of carbonyl (C=O) groups is 2. The Kier molecular flexibility index (Phi) is 3.89. The lowest BCUT2D eigenvalue weighted by Crippen LogP contribution is -2.39. The van der Waals surface area contributed by atoms with Gasteiger partial charge in [0.15, 0.2) is 0 Å². The number of nitrogens with zero attached hydrogens (tertiary/aromatic N) is 1. The van der Waals surface area contributed by atoms with Gasteiger partial charge in [0.05, 0.1) is 0 Å². The van der Waals surface area contributed by atoms with E-state index >= 15 is 0 Å². The fraction of sp³-hybridized carbons (Fsp3) is 0.778. The SMILES string of the molecule is CN1CCCC(CNC(=O)C=O)C1. The Morgan fingerprint density at radius 3 is 3.08 bits per heavy atom. The zero-order valence-corrected chi connectivity index (χ0v) is 7.95. The van der Waals surface area contributed by atoms with E-state index in [1.165, 1.54) is 6.42 Å². The fourth-order valence-corrected chi connectivity index (χ4v) is 1.73. The van der Waals surface area contributed by atoms with Crippen LogP contribution in [0.2, 0.25) is 0 Å². The molecule has 4 nitrogen and oxygen atoms in total. The van der Waals surface area contributed by atoms with Crippen molar-refractivity contribution in [2.45, 2.75) is 12.8 Å². The maximum Gasteiger partial charge on any atom is 0.284 e. The molecule has 4 heteroatoms. The summed E-state index contributed by atoms with van der Waals surface area (Å²) >= 11 is 0. The summed E-state index contributed by atoms with van der Waals surface area (Å²) in [5, 5.41) is 2.59. The van der Waals surface area contributed by atoms with Gasteiger partial charge in [0.1, 0.15) is 0 Å². The van der Waals surface area contributed by atoms with Crippen molar-refractivity contribution < 1.29 is 9.59 Å². The first-order chi connectivity index (χ1) is 6.22. The molecule has 0 aromatic heterocycles. The number of piperidine rings is 1. The smallest absolute Gasteiger partial charge is 0.284 e. The highest BCUT2D eigenvalue weighted by Gasteiger charge is 2.17. The quantitative estimate of drug-likeness (QED) is 0.481. The van der Waals surface area contributed by atoms with Crippen molar-refractivity contribution in [3.8, 4) is 0 Å². The standard InChI is InChI=1S/C9H16N2O2/c1-11-4-2-3-8(6-11)5-10-9(13)7-12/h7-8H,2-6H2,1H3,(H,10,13). The summed E-state index contributed by atoms with van der Waals surface area (Å²) in [7, 11) is 2.08. The molecule has 0 spiro atoms. The monoisotopic (exact) mass is 184 g/mol. The number of hydrogen-bond donors (Lipinski definition) is 1. The summed E-state index contributed by atoms with van der Waals surface area (Å²) < 4.78 is 0. The lowest BCUT2D eigenvalue weighted by Gasteiger charge is -2.29. The second kappa shape index (κ2) is 4.97. The van der Waals surface area contributed by atoms with Crippen molar-refractivity contribution in [1.29, 1.82) is 0 Å². The number of likely N-dealkylation sites (tertiary alicyclic amines) is 1. The Bertz CT molecular complexity index is 194. The summed E-state index contributed by atoms with van der Waals surface area (Å²) in [5.41, 5.74) is 0. The van der Waals surface area contributed by atoms with Crippen molar-refractivity contribution in [3.05, 3.63) is 0 Å².